The van der Waals surface area contributed by atoms with Crippen LogP contribution in [-0.4, -0.2) is 54.8 Å². The maximum atomic E-state index is 12.2. The lowest BCUT2D eigenvalue weighted by atomic mass is 10.1. The largest absolute Gasteiger partial charge is 0.322 e. The zero-order chi connectivity index (χ0) is 14.5. The number of rotatable bonds is 3. The molecule has 0 radical (unpaired) electrons. The maximum absolute atomic E-state index is 12.2. The van der Waals surface area contributed by atoms with Gasteiger partial charge in [-0.15, -0.1) is 0 Å². The molecule has 1 aromatic carbocycles. The van der Waals surface area contributed by atoms with E-state index in [1.807, 2.05) is 17.9 Å². The van der Waals surface area contributed by atoms with E-state index in [1.54, 1.807) is 12.1 Å². The third-order valence-electron chi connectivity index (χ3n) is 3.85. The second-order valence-corrected chi connectivity index (χ2v) is 4.99. The van der Waals surface area contributed by atoms with Crippen LogP contribution in [0.15, 0.2) is 18.2 Å². The van der Waals surface area contributed by atoms with E-state index in [0.717, 1.165) is 44.6 Å². The van der Waals surface area contributed by atoms with Gasteiger partial charge in [-0.25, -0.2) is 4.79 Å². The Kier molecular flexibility index (Phi) is 4.74. The van der Waals surface area contributed by atoms with Crippen molar-refractivity contribution in [2.45, 2.75) is 13.8 Å². The molecule has 0 saturated carbocycles. The van der Waals surface area contributed by atoms with Gasteiger partial charge in [0, 0.05) is 37.4 Å². The standard InChI is InChI=1S/C15H21N3O2/c1-3-17-7-9-18(10-8-17)15(20)16-14-6-4-5-13(11-19)12(14)2/h4-6,11H,3,7-10H2,1-2H3,(H,16,20). The van der Waals surface area contributed by atoms with Gasteiger partial charge in [0.05, 0.1) is 0 Å². The van der Waals surface area contributed by atoms with Gasteiger partial charge >= 0.3 is 6.03 Å². The summed E-state index contributed by atoms with van der Waals surface area (Å²) >= 11 is 0. The number of nitrogens with zero attached hydrogens (tertiary/aromatic N) is 2. The molecular formula is C15H21N3O2. The summed E-state index contributed by atoms with van der Waals surface area (Å²) < 4.78 is 0. The van der Waals surface area contributed by atoms with Gasteiger partial charge in [0.15, 0.2) is 0 Å². The van der Waals surface area contributed by atoms with Crippen LogP contribution >= 0.6 is 0 Å². The molecule has 1 heterocycles. The normalized spacial score (nSPS) is 16.0. The van der Waals surface area contributed by atoms with Crippen LogP contribution in [0.1, 0.15) is 22.8 Å². The summed E-state index contributed by atoms with van der Waals surface area (Å²) in [4.78, 5) is 27.3. The number of benzene rings is 1. The summed E-state index contributed by atoms with van der Waals surface area (Å²) in [6.45, 7) is 8.31. The summed E-state index contributed by atoms with van der Waals surface area (Å²) in [6.07, 6.45) is 0.811. The van der Waals surface area contributed by atoms with E-state index in [1.165, 1.54) is 0 Å². The lowest BCUT2D eigenvalue weighted by Gasteiger charge is -2.34. The van der Waals surface area contributed by atoms with Gasteiger partial charge in [0.1, 0.15) is 6.29 Å². The second kappa shape index (κ2) is 6.52. The highest BCUT2D eigenvalue weighted by Gasteiger charge is 2.20. The summed E-state index contributed by atoms with van der Waals surface area (Å²) in [6, 6.07) is 5.26. The molecule has 1 N–H and O–H groups in total. The number of carbonyl (C=O) groups excluding carboxylic acids is 2. The van der Waals surface area contributed by atoms with E-state index in [0.29, 0.717) is 11.3 Å². The summed E-state index contributed by atoms with van der Waals surface area (Å²) in [5.74, 6) is 0. The van der Waals surface area contributed by atoms with Crippen molar-refractivity contribution in [1.29, 1.82) is 0 Å². The fourth-order valence-corrected chi connectivity index (χ4v) is 2.38. The van der Waals surface area contributed by atoms with Crippen molar-refractivity contribution in [2.75, 3.05) is 38.0 Å². The Morgan fingerprint density at radius 1 is 1.30 bits per heavy atom. The number of likely N-dealkylation sites (N-methyl/N-ethyl adjacent to an activating group) is 1. The van der Waals surface area contributed by atoms with Crippen LogP contribution in [0.5, 0.6) is 0 Å². The molecule has 0 spiro atoms. The molecule has 0 atom stereocenters. The van der Waals surface area contributed by atoms with Gasteiger partial charge in [0.25, 0.3) is 0 Å². The molecule has 2 rings (SSSR count). The van der Waals surface area contributed by atoms with Gasteiger partial charge < -0.3 is 15.1 Å². The number of hydrogen-bond acceptors (Lipinski definition) is 3. The number of anilines is 1. The van der Waals surface area contributed by atoms with E-state index in [-0.39, 0.29) is 6.03 Å². The van der Waals surface area contributed by atoms with Crippen molar-refractivity contribution in [1.82, 2.24) is 9.80 Å². The lowest BCUT2D eigenvalue weighted by molar-refractivity contribution is 0.112. The van der Waals surface area contributed by atoms with Crippen molar-refractivity contribution in [3.63, 3.8) is 0 Å². The van der Waals surface area contributed by atoms with E-state index in [2.05, 4.69) is 17.1 Å². The number of urea groups is 1. The first kappa shape index (κ1) is 14.5. The number of piperazine rings is 1. The third kappa shape index (κ3) is 3.17. The summed E-state index contributed by atoms with van der Waals surface area (Å²) in [5, 5.41) is 2.90. The van der Waals surface area contributed by atoms with Crippen LogP contribution in [0.2, 0.25) is 0 Å². The zero-order valence-corrected chi connectivity index (χ0v) is 12.1. The number of nitrogens with one attached hydrogen (secondary N) is 1. The summed E-state index contributed by atoms with van der Waals surface area (Å²) in [7, 11) is 0. The Labute approximate surface area is 119 Å². The first-order chi connectivity index (χ1) is 9.65. The molecule has 0 aromatic heterocycles. The quantitative estimate of drug-likeness (QED) is 0.858. The molecule has 108 valence electrons. The average Bonchev–Trinajstić information content (AvgIpc) is 2.49. The van der Waals surface area contributed by atoms with E-state index in [9.17, 15) is 9.59 Å². The predicted molar refractivity (Wildman–Crippen MR) is 79.3 cm³/mol. The fraction of sp³-hybridized carbons (Fsp3) is 0.467. The van der Waals surface area contributed by atoms with Crippen molar-refractivity contribution in [2.24, 2.45) is 0 Å². The highest BCUT2D eigenvalue weighted by molar-refractivity contribution is 5.92. The first-order valence-electron chi connectivity index (χ1n) is 6.98. The van der Waals surface area contributed by atoms with Crippen LogP contribution in [0.4, 0.5) is 10.5 Å². The number of hydrogen-bond donors (Lipinski definition) is 1. The molecule has 1 aliphatic heterocycles. The second-order valence-electron chi connectivity index (χ2n) is 4.99. The Balaban J connectivity index is 2.00. The monoisotopic (exact) mass is 275 g/mol. The van der Waals surface area contributed by atoms with Crippen molar-refractivity contribution < 1.29 is 9.59 Å². The SMILES string of the molecule is CCN1CCN(C(=O)Nc2cccc(C=O)c2C)CC1. The molecule has 1 saturated heterocycles. The fourth-order valence-electron chi connectivity index (χ4n) is 2.38. The van der Waals surface area contributed by atoms with Gasteiger partial charge in [-0.1, -0.05) is 19.1 Å². The highest BCUT2D eigenvalue weighted by Crippen LogP contribution is 2.18. The molecular weight excluding hydrogens is 254 g/mol. The van der Waals surface area contributed by atoms with E-state index in [4.69, 9.17) is 0 Å². The Hall–Kier alpha value is -1.88. The molecule has 1 fully saturated rings. The van der Waals surface area contributed by atoms with Crippen molar-refractivity contribution >= 4 is 18.0 Å². The van der Waals surface area contributed by atoms with Gasteiger partial charge in [-0.2, -0.15) is 0 Å². The lowest BCUT2D eigenvalue weighted by Crippen LogP contribution is -2.49. The molecule has 2 amide bonds. The minimum atomic E-state index is -0.0908. The zero-order valence-electron chi connectivity index (χ0n) is 12.1. The molecule has 0 bridgehead atoms. The molecule has 5 nitrogen and oxygen atoms in total. The van der Waals surface area contributed by atoms with Crippen molar-refractivity contribution in [3.05, 3.63) is 29.3 Å². The predicted octanol–water partition coefficient (Wildman–Crippen LogP) is 1.98. The Morgan fingerprint density at radius 2 is 2.00 bits per heavy atom. The molecule has 5 heteroatoms. The van der Waals surface area contributed by atoms with E-state index >= 15 is 0 Å². The highest BCUT2D eigenvalue weighted by atomic mass is 16.2. The first-order valence-corrected chi connectivity index (χ1v) is 6.98. The number of amides is 2. The third-order valence-corrected chi connectivity index (χ3v) is 3.85. The molecule has 0 aliphatic carbocycles. The smallest absolute Gasteiger partial charge is 0.321 e. The van der Waals surface area contributed by atoms with Crippen molar-refractivity contribution in [3.8, 4) is 0 Å². The van der Waals surface area contributed by atoms with Crippen LogP contribution in [-0.2, 0) is 0 Å². The summed E-state index contributed by atoms with van der Waals surface area (Å²) in [5.41, 5.74) is 2.12. The van der Waals surface area contributed by atoms with Crippen LogP contribution in [0.25, 0.3) is 0 Å². The minimum Gasteiger partial charge on any atom is -0.322 e. The maximum Gasteiger partial charge on any atom is 0.321 e. The van der Waals surface area contributed by atoms with Crippen LogP contribution < -0.4 is 5.32 Å². The minimum absolute atomic E-state index is 0.0908. The van der Waals surface area contributed by atoms with E-state index < -0.39 is 0 Å². The van der Waals surface area contributed by atoms with Gasteiger partial charge in [-0.3, -0.25) is 4.79 Å². The van der Waals surface area contributed by atoms with Gasteiger partial charge in [-0.05, 0) is 25.1 Å². The van der Waals surface area contributed by atoms with Crippen LogP contribution in [0, 0.1) is 6.92 Å². The topological polar surface area (TPSA) is 52.6 Å². The Morgan fingerprint density at radius 3 is 2.60 bits per heavy atom. The molecule has 1 aliphatic rings. The number of carbonyl (C=O) groups is 2. The molecule has 20 heavy (non-hydrogen) atoms. The van der Waals surface area contributed by atoms with Crippen LogP contribution in [0.3, 0.4) is 0 Å². The number of aldehydes is 1. The average molecular weight is 275 g/mol. The molecule has 0 unspecified atom stereocenters. The Bertz CT molecular complexity index is 494. The van der Waals surface area contributed by atoms with Gasteiger partial charge in [0.2, 0.25) is 0 Å². The molecule has 1 aromatic rings.